The summed E-state index contributed by atoms with van der Waals surface area (Å²) in [5, 5.41) is 20.5. The van der Waals surface area contributed by atoms with E-state index < -0.39 is 12.1 Å². The molecule has 2 aliphatic heterocycles. The Morgan fingerprint density at radius 1 is 1.09 bits per heavy atom. The number of carbonyl (C=O) groups is 4. The Morgan fingerprint density at radius 2 is 1.81 bits per heavy atom. The molecule has 0 saturated carbocycles. The lowest BCUT2D eigenvalue weighted by Gasteiger charge is -2.33. The van der Waals surface area contributed by atoms with Crippen molar-refractivity contribution in [2.24, 2.45) is 0 Å². The number of benzene rings is 2. The van der Waals surface area contributed by atoms with E-state index in [0.29, 0.717) is 44.2 Å². The lowest BCUT2D eigenvalue weighted by atomic mass is 9.86. The first-order valence-corrected chi connectivity index (χ1v) is 19.7. The van der Waals surface area contributed by atoms with Crippen LogP contribution >= 0.6 is 0 Å². The first kappa shape index (κ1) is 41.8. The molecule has 0 bridgehead atoms. The molecule has 15 heteroatoms. The van der Waals surface area contributed by atoms with E-state index in [0.717, 1.165) is 77.8 Å². The number of aryl methyl sites for hydroxylation is 2. The van der Waals surface area contributed by atoms with Crippen LogP contribution in [-0.4, -0.2) is 84.7 Å². The fourth-order valence-electron chi connectivity index (χ4n) is 7.62. The van der Waals surface area contributed by atoms with E-state index in [1.807, 2.05) is 62.7 Å². The van der Waals surface area contributed by atoms with Crippen LogP contribution in [0.15, 0.2) is 65.6 Å². The summed E-state index contributed by atoms with van der Waals surface area (Å²) in [6, 6.07) is 16.4. The molecule has 306 valence electrons. The highest BCUT2D eigenvalue weighted by atomic mass is 19.1. The van der Waals surface area contributed by atoms with E-state index in [1.165, 1.54) is 5.56 Å². The number of hydrogen-bond donors (Lipinski definition) is 3. The van der Waals surface area contributed by atoms with Gasteiger partial charge in [0, 0.05) is 36.7 Å². The molecular weight excluding hydrogens is 744 g/mol. The monoisotopic (exact) mass is 794 g/mol. The van der Waals surface area contributed by atoms with Gasteiger partial charge in [0.2, 0.25) is 17.7 Å². The predicted octanol–water partition coefficient (Wildman–Crippen LogP) is 6.08. The highest BCUT2D eigenvalue weighted by Gasteiger charge is 2.29. The van der Waals surface area contributed by atoms with Crippen molar-refractivity contribution in [3.8, 4) is 11.3 Å². The lowest BCUT2D eigenvalue weighted by Crippen LogP contribution is -2.39. The van der Waals surface area contributed by atoms with E-state index in [2.05, 4.69) is 60.0 Å². The number of imide groups is 1. The summed E-state index contributed by atoms with van der Waals surface area (Å²) in [4.78, 5) is 55.9. The van der Waals surface area contributed by atoms with Crippen LogP contribution in [0.4, 0.5) is 4.39 Å². The van der Waals surface area contributed by atoms with Gasteiger partial charge in [0.15, 0.2) is 0 Å². The van der Waals surface area contributed by atoms with Crippen molar-refractivity contribution in [1.82, 2.24) is 40.3 Å². The van der Waals surface area contributed by atoms with Gasteiger partial charge in [-0.25, -0.2) is 13.9 Å². The van der Waals surface area contributed by atoms with Crippen LogP contribution in [-0.2, 0) is 32.8 Å². The van der Waals surface area contributed by atoms with Gasteiger partial charge < -0.3 is 19.8 Å². The number of aromatic nitrogens is 5. The second-order valence-corrected chi connectivity index (χ2v) is 16.1. The number of amides is 3. The third kappa shape index (κ3) is 10.4. The smallest absolute Gasteiger partial charge is 0.292 e. The number of carbonyl (C=O) groups excluding carboxylic acids is 3. The van der Waals surface area contributed by atoms with Crippen molar-refractivity contribution in [3.63, 3.8) is 0 Å². The molecule has 0 aliphatic carbocycles. The van der Waals surface area contributed by atoms with Crippen LogP contribution < -0.4 is 10.6 Å². The number of nitrogens with one attached hydrogen (secondary N) is 2. The Kier molecular flexibility index (Phi) is 13.4. The standard InChI is InChI=1S/C42H49FN8O4.CH2O2/c1-26-20-31(12-13-32(26)22-44-40(54)38-48-41(55-49-38)42(2,3)4)37-35-21-27(23-51(35)46-25-45-37)6-5-7-33(43)24-50-18-16-29(17-19-50)28-8-10-30(11-9-28)34-14-15-36(52)47-39(34)53;2-1-3/h8-13,20-21,23,25,29,33-34H,5-7,14-19,22,24H2,1-4H3,(H,44,54)(H,47,52,53);1H,(H,2,3)/t33-,34?;/m0./s1. The van der Waals surface area contributed by atoms with Gasteiger partial charge >= 0.3 is 0 Å². The number of likely N-dealkylation sites (tertiary alicyclic amines) is 1. The molecule has 58 heavy (non-hydrogen) atoms. The summed E-state index contributed by atoms with van der Waals surface area (Å²) >= 11 is 0. The Hall–Kier alpha value is -5.83. The summed E-state index contributed by atoms with van der Waals surface area (Å²) in [7, 11) is 0. The predicted molar refractivity (Wildman–Crippen MR) is 214 cm³/mol. The molecule has 0 spiro atoms. The molecule has 0 radical (unpaired) electrons. The summed E-state index contributed by atoms with van der Waals surface area (Å²) in [6.07, 6.45) is 7.50. The number of fused-ring (bicyclic) bond motifs is 1. The Bertz CT molecular complexity index is 2220. The number of hydrogen-bond acceptors (Lipinski definition) is 10. The molecular formula is C43H51FN8O6. The first-order valence-electron chi connectivity index (χ1n) is 19.7. The van der Waals surface area contributed by atoms with Crippen molar-refractivity contribution in [1.29, 1.82) is 0 Å². The average Bonchev–Trinajstić information content (AvgIpc) is 3.87. The average molecular weight is 795 g/mol. The van der Waals surface area contributed by atoms with Gasteiger partial charge in [-0.3, -0.25) is 24.5 Å². The molecule has 14 nitrogen and oxygen atoms in total. The van der Waals surface area contributed by atoms with E-state index in [-0.39, 0.29) is 35.4 Å². The van der Waals surface area contributed by atoms with Crippen molar-refractivity contribution >= 4 is 29.7 Å². The minimum absolute atomic E-state index is 0.0135. The molecule has 1 unspecified atom stereocenters. The molecule has 3 N–H and O–H groups in total. The van der Waals surface area contributed by atoms with Crippen LogP contribution in [0.5, 0.6) is 0 Å². The quantitative estimate of drug-likeness (QED) is 0.0983. The van der Waals surface area contributed by atoms with Gasteiger partial charge in [0.05, 0.1) is 17.1 Å². The van der Waals surface area contributed by atoms with Gasteiger partial charge in [0.1, 0.15) is 12.5 Å². The van der Waals surface area contributed by atoms with Gasteiger partial charge in [-0.15, -0.1) is 0 Å². The number of alkyl halides is 1. The zero-order valence-corrected chi connectivity index (χ0v) is 33.4. The SMILES string of the molecule is Cc1cc(-c2ncnn3cc(CCC[C@H](F)CN4CCC(c5ccc(C6CCC(=O)NC6=O)cc5)CC4)cc23)ccc1CNC(=O)c1noc(C(C)(C)C)n1.O=CO. The van der Waals surface area contributed by atoms with Crippen LogP contribution in [0.3, 0.4) is 0 Å². The number of halogens is 1. The molecule has 2 atom stereocenters. The molecule has 2 aromatic carbocycles. The zero-order chi connectivity index (χ0) is 41.4. The third-order valence-corrected chi connectivity index (χ3v) is 10.9. The summed E-state index contributed by atoms with van der Waals surface area (Å²) < 4.78 is 22.3. The topological polar surface area (TPSA) is 185 Å². The lowest BCUT2D eigenvalue weighted by molar-refractivity contribution is -0.134. The van der Waals surface area contributed by atoms with E-state index in [4.69, 9.17) is 14.4 Å². The van der Waals surface area contributed by atoms with E-state index in [9.17, 15) is 14.4 Å². The van der Waals surface area contributed by atoms with Gasteiger partial charge in [-0.1, -0.05) is 62.3 Å². The second kappa shape index (κ2) is 18.6. The largest absolute Gasteiger partial charge is 0.483 e. The maximum atomic E-state index is 15.2. The fraction of sp³-hybridized carbons (Fsp3) is 0.442. The number of piperidine rings is 2. The minimum atomic E-state index is -0.892. The first-order chi connectivity index (χ1) is 27.8. The Morgan fingerprint density at radius 3 is 2.48 bits per heavy atom. The van der Waals surface area contributed by atoms with Crippen molar-refractivity contribution in [2.75, 3.05) is 19.6 Å². The van der Waals surface area contributed by atoms with Gasteiger partial charge in [-0.2, -0.15) is 10.1 Å². The molecule has 3 amide bonds. The van der Waals surface area contributed by atoms with Gasteiger partial charge in [-0.05, 0) is 104 Å². The minimum Gasteiger partial charge on any atom is -0.483 e. The maximum Gasteiger partial charge on any atom is 0.292 e. The second-order valence-electron chi connectivity index (χ2n) is 16.1. The zero-order valence-electron chi connectivity index (χ0n) is 33.4. The number of nitrogens with zero attached hydrogens (tertiary/aromatic N) is 6. The van der Waals surface area contributed by atoms with Crippen LogP contribution in [0.2, 0.25) is 0 Å². The molecule has 7 rings (SSSR count). The van der Waals surface area contributed by atoms with E-state index in [1.54, 1.807) is 6.33 Å². The molecule has 5 heterocycles. The highest BCUT2D eigenvalue weighted by Crippen LogP contribution is 2.32. The number of carboxylic acid groups (broad SMARTS) is 1. The highest BCUT2D eigenvalue weighted by molar-refractivity contribution is 6.00. The molecule has 5 aromatic rings. The van der Waals surface area contributed by atoms with Crippen LogP contribution in [0, 0.1) is 6.92 Å². The van der Waals surface area contributed by atoms with Crippen molar-refractivity contribution in [2.45, 2.75) is 103 Å². The van der Waals surface area contributed by atoms with Crippen molar-refractivity contribution < 1.29 is 33.2 Å². The van der Waals surface area contributed by atoms with E-state index >= 15 is 4.39 Å². The molecule has 3 aromatic heterocycles. The molecule has 2 fully saturated rings. The van der Waals surface area contributed by atoms with Crippen molar-refractivity contribution in [3.05, 3.63) is 101 Å². The molecule has 2 saturated heterocycles. The van der Waals surface area contributed by atoms with Crippen LogP contribution in [0.25, 0.3) is 16.8 Å². The van der Waals surface area contributed by atoms with Gasteiger partial charge in [0.25, 0.3) is 18.2 Å². The third-order valence-electron chi connectivity index (χ3n) is 10.9. The fourth-order valence-corrected chi connectivity index (χ4v) is 7.62. The Labute approximate surface area is 336 Å². The summed E-state index contributed by atoms with van der Waals surface area (Å²) in [6.45, 7) is 10.1. The summed E-state index contributed by atoms with van der Waals surface area (Å²) in [5.41, 5.74) is 7.54. The normalized spacial score (nSPS) is 17.0. The summed E-state index contributed by atoms with van der Waals surface area (Å²) in [5.74, 6) is -0.231. The number of rotatable bonds is 12. The molecule has 2 aliphatic rings. The maximum absolute atomic E-state index is 15.2. The Balaban J connectivity index is 0.00000183. The van der Waals surface area contributed by atoms with Crippen LogP contribution in [0.1, 0.15) is 115 Å².